The van der Waals surface area contributed by atoms with Gasteiger partial charge in [0, 0.05) is 29.4 Å². The lowest BCUT2D eigenvalue weighted by Crippen LogP contribution is -2.65. The Balaban J connectivity index is 1.08. The second-order valence-corrected chi connectivity index (χ2v) is 13.4. The lowest BCUT2D eigenvalue weighted by Gasteiger charge is -2.56. The number of carbonyl (C=O) groups is 1. The molecule has 2 aromatic carbocycles. The maximum Gasteiger partial charge on any atom is 0.306 e. The summed E-state index contributed by atoms with van der Waals surface area (Å²) < 4.78 is 19.5. The molecule has 0 amide bonds. The molecular formula is C38H51NO4. The van der Waals surface area contributed by atoms with E-state index in [1.807, 2.05) is 18.2 Å². The molecule has 2 heterocycles. The van der Waals surface area contributed by atoms with Crippen LogP contribution in [0, 0.1) is 5.92 Å². The monoisotopic (exact) mass is 585 g/mol. The Bertz CT molecular complexity index is 1260. The van der Waals surface area contributed by atoms with E-state index in [4.69, 9.17) is 14.2 Å². The van der Waals surface area contributed by atoms with Gasteiger partial charge in [-0.15, -0.1) is 0 Å². The van der Waals surface area contributed by atoms with Crippen molar-refractivity contribution in [3.05, 3.63) is 71.3 Å². The molecule has 0 N–H and O–H groups in total. The van der Waals surface area contributed by atoms with E-state index in [-0.39, 0.29) is 23.6 Å². The first kappa shape index (κ1) is 30.2. The van der Waals surface area contributed by atoms with Gasteiger partial charge in [-0.25, -0.2) is 0 Å². The van der Waals surface area contributed by atoms with E-state index in [1.54, 1.807) is 0 Å². The number of nitrogens with zero attached hydrogens (tertiary/aromatic N) is 1. The highest BCUT2D eigenvalue weighted by Crippen LogP contribution is 2.62. The van der Waals surface area contributed by atoms with Crippen LogP contribution in [0.25, 0.3) is 0 Å². The summed E-state index contributed by atoms with van der Waals surface area (Å²) in [6.45, 7) is 3.78. The highest BCUT2D eigenvalue weighted by molar-refractivity contribution is 5.70. The molecule has 5 heteroatoms. The number of carbonyl (C=O) groups excluding carboxylic acids is 1. The maximum absolute atomic E-state index is 13.1. The molecule has 4 aliphatic rings. The fourth-order valence-corrected chi connectivity index (χ4v) is 8.30. The van der Waals surface area contributed by atoms with Crippen LogP contribution in [0.1, 0.15) is 107 Å². The quantitative estimate of drug-likeness (QED) is 0.113. The van der Waals surface area contributed by atoms with Crippen molar-refractivity contribution in [3.63, 3.8) is 0 Å². The maximum atomic E-state index is 13.1. The fourth-order valence-electron chi connectivity index (χ4n) is 8.30. The van der Waals surface area contributed by atoms with E-state index in [2.05, 4.69) is 55.3 Å². The summed E-state index contributed by atoms with van der Waals surface area (Å²) in [5, 5.41) is 0. The van der Waals surface area contributed by atoms with E-state index in [1.165, 1.54) is 68.9 Å². The first-order valence-electron chi connectivity index (χ1n) is 17.2. The number of hydrogen-bond donors (Lipinski definition) is 0. The fraction of sp³-hybridized carbons (Fsp3) is 0.605. The topological polar surface area (TPSA) is 48.0 Å². The molecule has 43 heavy (non-hydrogen) atoms. The van der Waals surface area contributed by atoms with E-state index in [9.17, 15) is 4.79 Å². The normalized spacial score (nSPS) is 26.6. The van der Waals surface area contributed by atoms with Gasteiger partial charge < -0.3 is 19.1 Å². The lowest BCUT2D eigenvalue weighted by molar-refractivity contribution is -0.155. The van der Waals surface area contributed by atoms with Crippen molar-refractivity contribution < 1.29 is 19.0 Å². The van der Waals surface area contributed by atoms with Gasteiger partial charge in [-0.05, 0) is 56.1 Å². The number of likely N-dealkylation sites (N-methyl/N-ethyl adjacent to an activating group) is 1. The number of benzene rings is 2. The van der Waals surface area contributed by atoms with Gasteiger partial charge in [-0.2, -0.15) is 0 Å². The Morgan fingerprint density at radius 1 is 0.930 bits per heavy atom. The number of rotatable bonds is 16. The van der Waals surface area contributed by atoms with Gasteiger partial charge >= 0.3 is 5.97 Å². The Kier molecular flexibility index (Phi) is 9.77. The van der Waals surface area contributed by atoms with Crippen LogP contribution in [0.15, 0.2) is 54.6 Å². The number of ether oxygens (including phenoxy) is 3. The molecule has 1 saturated heterocycles. The van der Waals surface area contributed by atoms with Crippen LogP contribution in [-0.4, -0.2) is 42.7 Å². The van der Waals surface area contributed by atoms with Crippen molar-refractivity contribution in [3.8, 4) is 11.5 Å². The van der Waals surface area contributed by atoms with E-state index in [0.717, 1.165) is 49.3 Å². The van der Waals surface area contributed by atoms with Crippen molar-refractivity contribution in [2.24, 2.45) is 5.92 Å². The van der Waals surface area contributed by atoms with Crippen molar-refractivity contribution in [2.45, 2.75) is 127 Å². The molecule has 0 aromatic heterocycles. The lowest BCUT2D eigenvalue weighted by atomic mass is 9.53. The summed E-state index contributed by atoms with van der Waals surface area (Å²) in [5.74, 6) is 1.92. The van der Waals surface area contributed by atoms with Crippen molar-refractivity contribution in [1.82, 2.24) is 4.90 Å². The largest absolute Gasteiger partial charge is 0.485 e. The molecule has 0 radical (unpaired) electrons. The zero-order chi connectivity index (χ0) is 29.6. The van der Waals surface area contributed by atoms with Crippen LogP contribution >= 0.6 is 0 Å². The summed E-state index contributed by atoms with van der Waals surface area (Å²) in [6, 6.07) is 15.0. The van der Waals surface area contributed by atoms with Crippen molar-refractivity contribution in [1.29, 1.82) is 0 Å². The molecule has 2 bridgehead atoms. The third-order valence-corrected chi connectivity index (χ3v) is 10.6. The molecule has 2 aliphatic carbocycles. The van der Waals surface area contributed by atoms with E-state index < -0.39 is 0 Å². The minimum atomic E-state index is -0.374. The van der Waals surface area contributed by atoms with Gasteiger partial charge in [0.15, 0.2) is 17.6 Å². The molecule has 1 unspecified atom stereocenters. The number of hydrogen-bond acceptors (Lipinski definition) is 5. The molecule has 5 atom stereocenters. The summed E-state index contributed by atoms with van der Waals surface area (Å²) in [5.41, 5.74) is 3.63. The highest BCUT2D eigenvalue weighted by atomic mass is 16.6. The SMILES string of the molecule is CCCCCCCCCCCCCC(=O)OC1C=C[C@H]2[C@H]3Cc4ccc(OCc5ccccc5)c5c4[C@@]2(CCN3C)[C@H]1O5. The Labute approximate surface area is 259 Å². The highest BCUT2D eigenvalue weighted by Gasteiger charge is 2.65. The van der Waals surface area contributed by atoms with Crippen LogP contribution in [0.2, 0.25) is 0 Å². The summed E-state index contributed by atoms with van der Waals surface area (Å²) in [7, 11) is 2.25. The average Bonchev–Trinajstić information content (AvgIpc) is 3.38. The average molecular weight is 586 g/mol. The van der Waals surface area contributed by atoms with Crippen molar-refractivity contribution >= 4 is 5.97 Å². The van der Waals surface area contributed by atoms with E-state index in [0.29, 0.717) is 25.0 Å². The van der Waals surface area contributed by atoms with Crippen LogP contribution < -0.4 is 9.47 Å². The molecular weight excluding hydrogens is 534 g/mol. The van der Waals surface area contributed by atoms with Crippen LogP contribution in [0.5, 0.6) is 11.5 Å². The Morgan fingerprint density at radius 2 is 1.65 bits per heavy atom. The molecule has 2 aromatic rings. The standard InChI is InChI=1S/C38H51NO4/c1-3-4-5-6-7-8-9-10-11-12-16-19-34(40)42-33-23-21-30-31-26-29-20-22-32(41-27-28-17-14-13-15-18-28)36-35(29)38(30,37(33)43-36)24-25-39(31)2/h13-15,17-18,20-23,30-31,33,37H,3-12,16,19,24-27H2,1-2H3/t30-,31+,33?,37-,38-/m0/s1. The van der Waals surface area contributed by atoms with E-state index >= 15 is 0 Å². The first-order valence-corrected chi connectivity index (χ1v) is 17.2. The number of unbranched alkanes of at least 4 members (excludes halogenated alkanes) is 10. The summed E-state index contributed by atoms with van der Waals surface area (Å²) in [4.78, 5) is 15.6. The zero-order valence-corrected chi connectivity index (χ0v) is 26.4. The summed E-state index contributed by atoms with van der Waals surface area (Å²) >= 11 is 0. The molecule has 1 fully saturated rings. The molecule has 0 saturated carbocycles. The van der Waals surface area contributed by atoms with Crippen LogP contribution in [0.4, 0.5) is 0 Å². The molecule has 2 aliphatic heterocycles. The summed E-state index contributed by atoms with van der Waals surface area (Å²) in [6.07, 6.45) is 20.4. The van der Waals surface area contributed by atoms with Gasteiger partial charge in [0.2, 0.25) is 0 Å². The molecule has 6 rings (SSSR count). The van der Waals surface area contributed by atoms with Crippen molar-refractivity contribution in [2.75, 3.05) is 13.6 Å². The zero-order valence-electron chi connectivity index (χ0n) is 26.4. The first-order chi connectivity index (χ1) is 21.1. The predicted molar refractivity (Wildman–Crippen MR) is 172 cm³/mol. The minimum Gasteiger partial charge on any atom is -0.485 e. The van der Waals surface area contributed by atoms with Gasteiger partial charge in [-0.1, -0.05) is 114 Å². The Hall–Kier alpha value is -2.79. The third-order valence-electron chi connectivity index (χ3n) is 10.6. The van der Waals surface area contributed by atoms with Gasteiger partial charge in [0.1, 0.15) is 12.7 Å². The van der Waals surface area contributed by atoms with Gasteiger partial charge in [-0.3, -0.25) is 4.79 Å². The number of piperidine rings is 1. The molecule has 1 spiro atoms. The second kappa shape index (κ2) is 13.9. The predicted octanol–water partition coefficient (Wildman–Crippen LogP) is 8.32. The smallest absolute Gasteiger partial charge is 0.306 e. The molecule has 232 valence electrons. The van der Waals surface area contributed by atoms with Gasteiger partial charge in [0.05, 0.1) is 0 Å². The third kappa shape index (κ3) is 6.25. The van der Waals surface area contributed by atoms with Crippen LogP contribution in [0.3, 0.4) is 0 Å². The minimum absolute atomic E-state index is 0.0963. The number of esters is 1. The number of likely N-dealkylation sites (tertiary alicyclic amines) is 1. The van der Waals surface area contributed by atoms with Crippen LogP contribution in [-0.2, 0) is 28.0 Å². The Morgan fingerprint density at radius 3 is 2.40 bits per heavy atom. The van der Waals surface area contributed by atoms with Gasteiger partial charge in [0.25, 0.3) is 0 Å². The molecule has 5 nitrogen and oxygen atoms in total. The second-order valence-electron chi connectivity index (χ2n) is 13.4.